The Kier molecular flexibility index (Phi) is 5.63. The molecule has 1 N–H and O–H groups in total. The van der Waals surface area contributed by atoms with Crippen LogP contribution in [0.5, 0.6) is 5.75 Å². The van der Waals surface area contributed by atoms with E-state index in [1.807, 2.05) is 0 Å². The zero-order valence-corrected chi connectivity index (χ0v) is 13.1. The smallest absolute Gasteiger partial charge is 0.418 e. The van der Waals surface area contributed by atoms with E-state index in [4.69, 9.17) is 9.47 Å². The second-order valence-electron chi connectivity index (χ2n) is 4.90. The number of rotatable bonds is 5. The van der Waals surface area contributed by atoms with Crippen LogP contribution in [0.25, 0.3) is 0 Å². The van der Waals surface area contributed by atoms with Gasteiger partial charge in [0.2, 0.25) is 0 Å². The molecule has 0 aliphatic heterocycles. The summed E-state index contributed by atoms with van der Waals surface area (Å²) in [5.41, 5.74) is -1.20. The Morgan fingerprint density at radius 2 is 1.68 bits per heavy atom. The first kappa shape index (κ1) is 18.3. The first-order valence-electron chi connectivity index (χ1n) is 7.08. The molecule has 0 heterocycles. The molecule has 0 fully saturated rings. The highest BCUT2D eigenvalue weighted by atomic mass is 19.4. The normalized spacial score (nSPS) is 10.9. The quantitative estimate of drug-likeness (QED) is 0.836. The molecular formula is C17H14F3NO4. The Balaban J connectivity index is 1.96. The summed E-state index contributed by atoms with van der Waals surface area (Å²) in [7, 11) is 1.47. The molecule has 8 heteroatoms. The van der Waals surface area contributed by atoms with E-state index in [0.29, 0.717) is 5.75 Å². The number of amides is 1. The maximum atomic E-state index is 12.8. The van der Waals surface area contributed by atoms with Crippen molar-refractivity contribution in [2.24, 2.45) is 0 Å². The molecule has 0 bridgehead atoms. The number of para-hydroxylation sites is 1. The minimum absolute atomic E-state index is 0.185. The van der Waals surface area contributed by atoms with Gasteiger partial charge in [-0.1, -0.05) is 12.1 Å². The molecule has 1 amide bonds. The summed E-state index contributed by atoms with van der Waals surface area (Å²) in [6, 6.07) is 10.5. The Labute approximate surface area is 141 Å². The number of halogens is 3. The number of methoxy groups -OCH3 is 1. The maximum absolute atomic E-state index is 12.8. The predicted octanol–water partition coefficient (Wildman–Crippen LogP) is 3.51. The van der Waals surface area contributed by atoms with E-state index in [9.17, 15) is 22.8 Å². The molecule has 132 valence electrons. The molecule has 0 unspecified atom stereocenters. The van der Waals surface area contributed by atoms with Gasteiger partial charge >= 0.3 is 12.1 Å². The molecule has 0 atom stereocenters. The van der Waals surface area contributed by atoms with Gasteiger partial charge in [0.1, 0.15) is 5.75 Å². The van der Waals surface area contributed by atoms with Gasteiger partial charge in [0.25, 0.3) is 5.91 Å². The molecule has 2 aromatic rings. The van der Waals surface area contributed by atoms with Crippen molar-refractivity contribution in [3.05, 3.63) is 59.7 Å². The van der Waals surface area contributed by atoms with Gasteiger partial charge in [-0.25, -0.2) is 4.79 Å². The molecular weight excluding hydrogens is 339 g/mol. The Morgan fingerprint density at radius 1 is 1.04 bits per heavy atom. The highest BCUT2D eigenvalue weighted by Gasteiger charge is 2.33. The SMILES string of the molecule is COc1ccc(C(=O)OCC(=O)Nc2ccccc2C(F)(F)F)cc1. The lowest BCUT2D eigenvalue weighted by molar-refractivity contribution is -0.137. The standard InChI is InChI=1S/C17H14F3NO4/c1-24-12-8-6-11(7-9-12)16(23)25-10-15(22)21-14-5-3-2-4-13(14)17(18,19)20/h2-9H,10H2,1H3,(H,21,22). The molecule has 0 aliphatic carbocycles. The minimum atomic E-state index is -4.61. The van der Waals surface area contributed by atoms with Gasteiger partial charge in [0.05, 0.1) is 23.9 Å². The number of nitrogens with one attached hydrogen (secondary N) is 1. The average molecular weight is 353 g/mol. The predicted molar refractivity (Wildman–Crippen MR) is 83.4 cm³/mol. The summed E-state index contributed by atoms with van der Waals surface area (Å²) >= 11 is 0. The molecule has 5 nitrogen and oxygen atoms in total. The molecule has 0 aromatic heterocycles. The van der Waals surface area contributed by atoms with E-state index in [2.05, 4.69) is 5.32 Å². The molecule has 0 spiro atoms. The third kappa shape index (κ3) is 4.97. The maximum Gasteiger partial charge on any atom is 0.418 e. The van der Waals surface area contributed by atoms with Gasteiger partial charge in [0, 0.05) is 0 Å². The Bertz CT molecular complexity index is 757. The lowest BCUT2D eigenvalue weighted by Crippen LogP contribution is -2.22. The van der Waals surface area contributed by atoms with Crippen LogP contribution in [0.2, 0.25) is 0 Å². The number of esters is 1. The average Bonchev–Trinajstić information content (AvgIpc) is 2.59. The van der Waals surface area contributed by atoms with Crippen molar-refractivity contribution in [2.75, 3.05) is 19.0 Å². The fourth-order valence-electron chi connectivity index (χ4n) is 1.97. The largest absolute Gasteiger partial charge is 0.497 e. The lowest BCUT2D eigenvalue weighted by Gasteiger charge is -2.13. The second-order valence-corrected chi connectivity index (χ2v) is 4.90. The van der Waals surface area contributed by atoms with Crippen LogP contribution in [0, 0.1) is 0 Å². The van der Waals surface area contributed by atoms with Crippen molar-refractivity contribution in [3.63, 3.8) is 0 Å². The van der Waals surface area contributed by atoms with Crippen molar-refractivity contribution in [1.82, 2.24) is 0 Å². The number of alkyl halides is 3. The van der Waals surface area contributed by atoms with Crippen molar-refractivity contribution in [3.8, 4) is 5.75 Å². The summed E-state index contributed by atoms with van der Waals surface area (Å²) in [4.78, 5) is 23.6. The summed E-state index contributed by atoms with van der Waals surface area (Å²) in [6.07, 6.45) is -4.61. The van der Waals surface area contributed by atoms with Crippen LogP contribution in [0.1, 0.15) is 15.9 Å². The number of anilines is 1. The number of carbonyl (C=O) groups is 2. The third-order valence-electron chi connectivity index (χ3n) is 3.17. The fourth-order valence-corrected chi connectivity index (χ4v) is 1.97. The topological polar surface area (TPSA) is 64.6 Å². The molecule has 0 saturated heterocycles. The van der Waals surface area contributed by atoms with Crippen molar-refractivity contribution in [2.45, 2.75) is 6.18 Å². The summed E-state index contributed by atoms with van der Waals surface area (Å²) in [6.45, 7) is -0.711. The van der Waals surface area contributed by atoms with Crippen LogP contribution >= 0.6 is 0 Å². The highest BCUT2D eigenvalue weighted by molar-refractivity contribution is 5.96. The first-order valence-corrected chi connectivity index (χ1v) is 7.08. The van der Waals surface area contributed by atoms with E-state index in [1.54, 1.807) is 0 Å². The van der Waals surface area contributed by atoms with Crippen LogP contribution < -0.4 is 10.1 Å². The Morgan fingerprint density at radius 3 is 2.28 bits per heavy atom. The highest BCUT2D eigenvalue weighted by Crippen LogP contribution is 2.34. The van der Waals surface area contributed by atoms with E-state index >= 15 is 0 Å². The van der Waals surface area contributed by atoms with Crippen LogP contribution in [0.3, 0.4) is 0 Å². The second kappa shape index (κ2) is 7.69. The van der Waals surface area contributed by atoms with Gasteiger partial charge in [-0.15, -0.1) is 0 Å². The molecule has 0 saturated carbocycles. The molecule has 0 radical (unpaired) electrons. The van der Waals surface area contributed by atoms with Crippen LogP contribution in [0.15, 0.2) is 48.5 Å². The van der Waals surface area contributed by atoms with Gasteiger partial charge in [-0.05, 0) is 36.4 Å². The first-order chi connectivity index (χ1) is 11.8. The van der Waals surface area contributed by atoms with Crippen LogP contribution in [0.4, 0.5) is 18.9 Å². The van der Waals surface area contributed by atoms with E-state index < -0.39 is 35.9 Å². The third-order valence-corrected chi connectivity index (χ3v) is 3.17. The fraction of sp³-hybridized carbons (Fsp3) is 0.176. The summed E-state index contributed by atoms with van der Waals surface area (Å²) in [5, 5.41) is 2.09. The molecule has 2 rings (SSSR count). The number of carbonyl (C=O) groups excluding carboxylic acids is 2. The van der Waals surface area contributed by atoms with E-state index in [-0.39, 0.29) is 5.56 Å². The summed E-state index contributed by atoms with van der Waals surface area (Å²) in [5.74, 6) is -1.11. The van der Waals surface area contributed by atoms with E-state index in [1.165, 1.54) is 43.5 Å². The summed E-state index contributed by atoms with van der Waals surface area (Å²) < 4.78 is 48.3. The lowest BCUT2D eigenvalue weighted by atomic mass is 10.1. The van der Waals surface area contributed by atoms with Gasteiger partial charge in [-0.2, -0.15) is 13.2 Å². The van der Waals surface area contributed by atoms with Crippen LogP contribution in [-0.2, 0) is 15.7 Å². The number of hydrogen-bond acceptors (Lipinski definition) is 4. The van der Waals surface area contributed by atoms with Crippen LogP contribution in [-0.4, -0.2) is 25.6 Å². The van der Waals surface area contributed by atoms with Gasteiger partial charge in [0.15, 0.2) is 6.61 Å². The van der Waals surface area contributed by atoms with Gasteiger partial charge in [-0.3, -0.25) is 4.79 Å². The number of ether oxygens (including phenoxy) is 2. The molecule has 2 aromatic carbocycles. The van der Waals surface area contributed by atoms with Crippen molar-refractivity contribution < 1.29 is 32.2 Å². The minimum Gasteiger partial charge on any atom is -0.497 e. The molecule has 25 heavy (non-hydrogen) atoms. The Hall–Kier alpha value is -3.03. The van der Waals surface area contributed by atoms with E-state index in [0.717, 1.165) is 12.1 Å². The number of benzene rings is 2. The molecule has 0 aliphatic rings. The zero-order chi connectivity index (χ0) is 18.4. The number of hydrogen-bond donors (Lipinski definition) is 1. The van der Waals surface area contributed by atoms with Crippen molar-refractivity contribution >= 4 is 17.6 Å². The van der Waals surface area contributed by atoms with Gasteiger partial charge < -0.3 is 14.8 Å². The van der Waals surface area contributed by atoms with Crippen molar-refractivity contribution in [1.29, 1.82) is 0 Å². The zero-order valence-electron chi connectivity index (χ0n) is 13.1. The monoisotopic (exact) mass is 353 g/mol.